The van der Waals surface area contributed by atoms with Gasteiger partial charge in [0.2, 0.25) is 0 Å². The van der Waals surface area contributed by atoms with E-state index < -0.39 is 22.2 Å². The molecule has 0 aliphatic heterocycles. The quantitative estimate of drug-likeness (QED) is 0.667. The summed E-state index contributed by atoms with van der Waals surface area (Å²) < 4.78 is 26.0. The maximum Gasteiger partial charge on any atom is 0.321 e. The van der Waals surface area contributed by atoms with Crippen LogP contribution in [0, 0.1) is 0 Å². The molecule has 0 aromatic rings. The Morgan fingerprint density at radius 2 is 1.79 bits per heavy atom. The number of carboxylic acid groups (broad SMARTS) is 1. The van der Waals surface area contributed by atoms with Crippen molar-refractivity contribution in [3.05, 3.63) is 0 Å². The number of hydrogen-bond acceptors (Lipinski definition) is 3. The highest BCUT2D eigenvalue weighted by Crippen LogP contribution is 2.01. The summed E-state index contributed by atoms with van der Waals surface area (Å²) in [5.41, 5.74) is 0. The van der Waals surface area contributed by atoms with Gasteiger partial charge < -0.3 is 5.11 Å². The monoisotopic (exact) mass is 224 g/mol. The molecule has 2 N–H and O–H groups in total. The predicted octanol–water partition coefficient (Wildman–Crippen LogP) is -0.366. The minimum Gasteiger partial charge on any atom is -0.480 e. The van der Waals surface area contributed by atoms with E-state index in [0.29, 0.717) is 0 Å². The van der Waals surface area contributed by atoms with Crippen LogP contribution in [0.25, 0.3) is 0 Å². The van der Waals surface area contributed by atoms with Gasteiger partial charge >= 0.3 is 5.97 Å². The third-order valence-corrected chi connectivity index (χ3v) is 3.63. The lowest BCUT2D eigenvalue weighted by atomic mass is 10.4. The number of hydrogen-bond donors (Lipinski definition) is 2. The number of carboxylic acids is 1. The fourth-order valence-electron chi connectivity index (χ4n) is 0.634. The van der Waals surface area contributed by atoms with Crippen LogP contribution in [-0.4, -0.2) is 42.9 Å². The van der Waals surface area contributed by atoms with E-state index in [2.05, 4.69) is 0 Å². The Hall–Kier alpha value is -0.660. The van der Waals surface area contributed by atoms with E-state index >= 15 is 0 Å². The first kappa shape index (κ1) is 13.3. The van der Waals surface area contributed by atoms with Crippen LogP contribution in [0.3, 0.4) is 0 Å². The summed E-state index contributed by atoms with van der Waals surface area (Å²) in [5.74, 6) is -1.20. The Morgan fingerprint density at radius 1 is 1.36 bits per heavy atom. The molecule has 84 valence electrons. The lowest BCUT2D eigenvalue weighted by molar-refractivity contribution is -0.138. The Morgan fingerprint density at radius 3 is 2.07 bits per heavy atom. The lowest BCUT2D eigenvalue weighted by Gasteiger charge is -2.22. The molecular weight excluding hydrogens is 208 g/mol. The van der Waals surface area contributed by atoms with Gasteiger partial charge in [0.15, 0.2) is 0 Å². The van der Waals surface area contributed by atoms with Gasteiger partial charge in [-0.1, -0.05) is 0 Å². The molecule has 14 heavy (non-hydrogen) atoms. The highest BCUT2D eigenvalue weighted by Gasteiger charge is 2.24. The number of aliphatic carboxylic acids is 1. The first-order valence-electron chi connectivity index (χ1n) is 4.16. The van der Waals surface area contributed by atoms with Crippen molar-refractivity contribution >= 4 is 16.2 Å². The molecule has 1 atom stereocenters. The zero-order valence-corrected chi connectivity index (χ0v) is 9.50. The summed E-state index contributed by atoms with van der Waals surface area (Å²) in [6.45, 7) is 4.67. The molecule has 0 aliphatic carbocycles. The molecule has 1 unspecified atom stereocenters. The first-order chi connectivity index (χ1) is 6.18. The molecular formula is C7H16N2O4S. The van der Waals surface area contributed by atoms with Crippen LogP contribution in [0.5, 0.6) is 0 Å². The van der Waals surface area contributed by atoms with Crippen LogP contribution < -0.4 is 4.72 Å². The molecule has 0 radical (unpaired) electrons. The molecule has 7 heteroatoms. The van der Waals surface area contributed by atoms with Gasteiger partial charge in [-0.2, -0.15) is 17.4 Å². The van der Waals surface area contributed by atoms with Crippen molar-refractivity contribution in [1.82, 2.24) is 9.03 Å². The van der Waals surface area contributed by atoms with Crippen molar-refractivity contribution in [2.75, 3.05) is 7.05 Å². The maximum absolute atomic E-state index is 11.4. The Balaban J connectivity index is 4.58. The molecule has 0 bridgehead atoms. The summed E-state index contributed by atoms with van der Waals surface area (Å²) >= 11 is 0. The van der Waals surface area contributed by atoms with Crippen LogP contribution >= 0.6 is 0 Å². The van der Waals surface area contributed by atoms with Gasteiger partial charge in [-0.05, 0) is 20.8 Å². The van der Waals surface area contributed by atoms with Crippen molar-refractivity contribution in [2.45, 2.75) is 32.9 Å². The van der Waals surface area contributed by atoms with Crippen LogP contribution in [0.4, 0.5) is 0 Å². The summed E-state index contributed by atoms with van der Waals surface area (Å²) in [6.07, 6.45) is 0. The minimum atomic E-state index is -3.70. The summed E-state index contributed by atoms with van der Waals surface area (Å²) in [5, 5.41) is 8.52. The molecule has 0 spiro atoms. The molecule has 0 aromatic carbocycles. The average Bonchev–Trinajstić information content (AvgIpc) is 2.01. The molecule has 0 fully saturated rings. The van der Waals surface area contributed by atoms with Crippen molar-refractivity contribution in [3.63, 3.8) is 0 Å². The second-order valence-electron chi connectivity index (χ2n) is 3.29. The Labute approximate surface area is 84.1 Å². The molecule has 0 heterocycles. The van der Waals surface area contributed by atoms with Gasteiger partial charge in [0.1, 0.15) is 6.04 Å². The van der Waals surface area contributed by atoms with E-state index in [1.807, 2.05) is 4.72 Å². The van der Waals surface area contributed by atoms with Crippen molar-refractivity contribution in [3.8, 4) is 0 Å². The fourth-order valence-corrected chi connectivity index (χ4v) is 1.90. The Kier molecular flexibility index (Phi) is 4.50. The topological polar surface area (TPSA) is 86.7 Å². The summed E-state index contributed by atoms with van der Waals surface area (Å²) in [7, 11) is -2.31. The average molecular weight is 224 g/mol. The van der Waals surface area contributed by atoms with Crippen molar-refractivity contribution < 1.29 is 18.3 Å². The van der Waals surface area contributed by atoms with E-state index in [0.717, 1.165) is 4.31 Å². The SMILES string of the molecule is CC(NS(=O)(=O)N(C)C(C)C)C(=O)O. The summed E-state index contributed by atoms with van der Waals surface area (Å²) in [6, 6.07) is -1.34. The van der Waals surface area contributed by atoms with E-state index in [4.69, 9.17) is 5.11 Å². The highest BCUT2D eigenvalue weighted by molar-refractivity contribution is 7.87. The first-order valence-corrected chi connectivity index (χ1v) is 5.60. The third-order valence-electron chi connectivity index (χ3n) is 1.80. The van der Waals surface area contributed by atoms with E-state index in [9.17, 15) is 13.2 Å². The second-order valence-corrected chi connectivity index (χ2v) is 5.05. The molecule has 0 saturated heterocycles. The predicted molar refractivity (Wildman–Crippen MR) is 52.1 cm³/mol. The van der Waals surface area contributed by atoms with E-state index in [-0.39, 0.29) is 6.04 Å². The van der Waals surface area contributed by atoms with Crippen LogP contribution in [0.15, 0.2) is 0 Å². The molecule has 0 amide bonds. The minimum absolute atomic E-state index is 0.214. The zero-order chi connectivity index (χ0) is 11.5. The molecule has 6 nitrogen and oxygen atoms in total. The molecule has 0 rings (SSSR count). The van der Waals surface area contributed by atoms with Crippen molar-refractivity contribution in [2.24, 2.45) is 0 Å². The van der Waals surface area contributed by atoms with E-state index in [1.165, 1.54) is 14.0 Å². The van der Waals surface area contributed by atoms with Gasteiger partial charge in [-0.3, -0.25) is 4.79 Å². The number of rotatable bonds is 5. The number of nitrogens with one attached hydrogen (secondary N) is 1. The van der Waals surface area contributed by atoms with Gasteiger partial charge in [-0.25, -0.2) is 0 Å². The lowest BCUT2D eigenvalue weighted by Crippen LogP contribution is -2.47. The van der Waals surface area contributed by atoms with Crippen LogP contribution in [0.1, 0.15) is 20.8 Å². The summed E-state index contributed by atoms with van der Waals surface area (Å²) in [4.78, 5) is 10.4. The number of carbonyl (C=O) groups is 1. The smallest absolute Gasteiger partial charge is 0.321 e. The third kappa shape index (κ3) is 3.60. The van der Waals surface area contributed by atoms with Crippen LogP contribution in [-0.2, 0) is 15.0 Å². The zero-order valence-electron chi connectivity index (χ0n) is 8.68. The fraction of sp³-hybridized carbons (Fsp3) is 0.857. The maximum atomic E-state index is 11.4. The standard InChI is InChI=1S/C7H16N2O4S/c1-5(2)9(4)14(12,13)8-6(3)7(10)11/h5-6,8H,1-4H3,(H,10,11). The van der Waals surface area contributed by atoms with Gasteiger partial charge in [0.25, 0.3) is 10.2 Å². The van der Waals surface area contributed by atoms with Gasteiger partial charge in [-0.15, -0.1) is 0 Å². The van der Waals surface area contributed by atoms with E-state index in [1.54, 1.807) is 13.8 Å². The van der Waals surface area contributed by atoms with Crippen LogP contribution in [0.2, 0.25) is 0 Å². The molecule has 0 aromatic heterocycles. The Bertz CT molecular complexity index is 299. The number of nitrogens with zero attached hydrogens (tertiary/aromatic N) is 1. The normalized spacial score (nSPS) is 14.7. The molecule has 0 aliphatic rings. The second kappa shape index (κ2) is 4.72. The largest absolute Gasteiger partial charge is 0.480 e. The van der Waals surface area contributed by atoms with Gasteiger partial charge in [0, 0.05) is 13.1 Å². The molecule has 0 saturated carbocycles. The van der Waals surface area contributed by atoms with Gasteiger partial charge in [0.05, 0.1) is 0 Å². The van der Waals surface area contributed by atoms with Crippen molar-refractivity contribution in [1.29, 1.82) is 0 Å². The highest BCUT2D eigenvalue weighted by atomic mass is 32.2.